The van der Waals surface area contributed by atoms with E-state index in [-0.39, 0.29) is 24.5 Å². The van der Waals surface area contributed by atoms with Crippen molar-refractivity contribution in [1.82, 2.24) is 9.80 Å². The molecule has 0 radical (unpaired) electrons. The number of para-hydroxylation sites is 1. The Hall–Kier alpha value is -2.25. The summed E-state index contributed by atoms with van der Waals surface area (Å²) in [6, 6.07) is 6.63. The van der Waals surface area contributed by atoms with Crippen molar-refractivity contribution in [3.63, 3.8) is 0 Å². The molecule has 1 aromatic rings. The first-order valence-corrected chi connectivity index (χ1v) is 11.0. The van der Waals surface area contributed by atoms with E-state index in [1.165, 1.54) is 0 Å². The molecule has 0 bridgehead atoms. The van der Waals surface area contributed by atoms with E-state index >= 15 is 0 Å². The third-order valence-electron chi connectivity index (χ3n) is 5.42. The summed E-state index contributed by atoms with van der Waals surface area (Å²) < 4.78 is 44.1. The van der Waals surface area contributed by atoms with Crippen LogP contribution < -0.4 is 4.74 Å². The van der Waals surface area contributed by atoms with Crippen molar-refractivity contribution in [2.45, 2.75) is 65.1 Å². The number of alkyl halides is 3. The largest absolute Gasteiger partial charge is 0.491 e. The molecule has 0 saturated carbocycles. The zero-order valence-corrected chi connectivity index (χ0v) is 18.6. The molecule has 1 aromatic carbocycles. The van der Waals surface area contributed by atoms with Gasteiger partial charge in [-0.1, -0.05) is 26.0 Å². The predicted octanol–water partition coefficient (Wildman–Crippen LogP) is 4.91. The smallest absolute Gasteiger partial charge is 0.389 e. The van der Waals surface area contributed by atoms with Gasteiger partial charge in [-0.2, -0.15) is 13.2 Å². The molecule has 174 valence electrons. The molecule has 2 rings (SSSR count). The van der Waals surface area contributed by atoms with Crippen molar-refractivity contribution in [1.29, 1.82) is 0 Å². The average Bonchev–Trinajstić information content (AvgIpc) is 2.70. The molecule has 1 aliphatic heterocycles. The molecule has 8 heteroatoms. The number of nitrogens with zero attached hydrogens (tertiary/aromatic N) is 2. The van der Waals surface area contributed by atoms with Crippen LogP contribution in [0.3, 0.4) is 0 Å². The Kier molecular flexibility index (Phi) is 9.19. The number of ether oxygens (including phenoxy) is 1. The van der Waals surface area contributed by atoms with E-state index in [1.54, 1.807) is 34.1 Å². The Labute approximate surface area is 182 Å². The minimum Gasteiger partial charge on any atom is -0.491 e. The number of hydrogen-bond acceptors (Lipinski definition) is 3. The van der Waals surface area contributed by atoms with Crippen LogP contribution in [0.1, 0.15) is 63.2 Å². The number of hydrogen-bond donors (Lipinski definition) is 0. The molecule has 1 aliphatic rings. The molecule has 1 atom stereocenters. The third kappa shape index (κ3) is 7.74. The summed E-state index contributed by atoms with van der Waals surface area (Å²) in [5.74, 6) is 0.0624. The van der Waals surface area contributed by atoms with Crippen molar-refractivity contribution in [3.8, 4) is 5.75 Å². The Morgan fingerprint density at radius 1 is 1.19 bits per heavy atom. The lowest BCUT2D eigenvalue weighted by Gasteiger charge is -2.34. The highest BCUT2D eigenvalue weighted by atomic mass is 19.4. The predicted molar refractivity (Wildman–Crippen MR) is 113 cm³/mol. The Morgan fingerprint density at radius 3 is 2.52 bits per heavy atom. The Morgan fingerprint density at radius 2 is 1.87 bits per heavy atom. The maximum absolute atomic E-state index is 13.0. The maximum Gasteiger partial charge on any atom is 0.389 e. The number of benzene rings is 1. The van der Waals surface area contributed by atoms with E-state index in [0.717, 1.165) is 0 Å². The summed E-state index contributed by atoms with van der Waals surface area (Å²) in [5.41, 5.74) is 0.461. The first-order valence-electron chi connectivity index (χ1n) is 11.0. The molecule has 0 spiro atoms. The van der Waals surface area contributed by atoms with E-state index < -0.39 is 24.9 Å². The van der Waals surface area contributed by atoms with Gasteiger partial charge in [0.25, 0.3) is 5.91 Å². The number of carbonyl (C=O) groups is 2. The number of rotatable bonds is 5. The minimum atomic E-state index is -4.37. The lowest BCUT2D eigenvalue weighted by Crippen LogP contribution is -2.46. The summed E-state index contributed by atoms with van der Waals surface area (Å²) in [7, 11) is 0. The highest BCUT2D eigenvalue weighted by molar-refractivity contribution is 5.96. The summed E-state index contributed by atoms with van der Waals surface area (Å²) in [6.45, 7) is 7.45. The van der Waals surface area contributed by atoms with Crippen LogP contribution >= 0.6 is 0 Å². The van der Waals surface area contributed by atoms with Crippen LogP contribution in [-0.2, 0) is 4.79 Å². The fourth-order valence-electron chi connectivity index (χ4n) is 3.85. The average molecular weight is 443 g/mol. The lowest BCUT2D eigenvalue weighted by molar-refractivity contribution is -0.151. The molecule has 0 aliphatic carbocycles. The summed E-state index contributed by atoms with van der Waals surface area (Å²) in [5, 5.41) is 0. The van der Waals surface area contributed by atoms with Crippen LogP contribution in [0, 0.1) is 5.92 Å². The molecule has 31 heavy (non-hydrogen) atoms. The summed E-state index contributed by atoms with van der Waals surface area (Å²) in [6.07, 6.45) is -4.17. The van der Waals surface area contributed by atoms with Crippen LogP contribution in [0.5, 0.6) is 5.75 Å². The number of amides is 2. The first-order chi connectivity index (χ1) is 14.6. The van der Waals surface area contributed by atoms with Gasteiger partial charge in [0.1, 0.15) is 12.4 Å². The molecule has 0 aromatic heterocycles. The van der Waals surface area contributed by atoms with Gasteiger partial charge in [0.15, 0.2) is 0 Å². The van der Waals surface area contributed by atoms with Gasteiger partial charge in [0.2, 0.25) is 5.91 Å². The number of fused-ring (bicyclic) bond motifs is 1. The monoisotopic (exact) mass is 442 g/mol. The Bertz CT molecular complexity index is 737. The SMILES string of the molecule is CCN1CCCCN(C(=O)CCC(F)(F)F)[C@@H](CC(C)C)COc2ccccc2C1=O. The molecule has 1 heterocycles. The van der Waals surface area contributed by atoms with E-state index in [0.29, 0.717) is 50.2 Å². The topological polar surface area (TPSA) is 49.9 Å². The quantitative estimate of drug-likeness (QED) is 0.651. The van der Waals surface area contributed by atoms with Crippen LogP contribution in [0.4, 0.5) is 13.2 Å². The maximum atomic E-state index is 13.0. The Balaban J connectivity index is 2.31. The lowest BCUT2D eigenvalue weighted by atomic mass is 10.0. The summed E-state index contributed by atoms with van der Waals surface area (Å²) in [4.78, 5) is 29.0. The molecule has 2 amide bonds. The van der Waals surface area contributed by atoms with Crippen molar-refractivity contribution in [2.24, 2.45) is 5.92 Å². The van der Waals surface area contributed by atoms with Crippen molar-refractivity contribution < 1.29 is 27.5 Å². The van der Waals surface area contributed by atoms with Crippen molar-refractivity contribution in [2.75, 3.05) is 26.2 Å². The van der Waals surface area contributed by atoms with Gasteiger partial charge in [-0.25, -0.2) is 0 Å². The molecule has 5 nitrogen and oxygen atoms in total. The van der Waals surface area contributed by atoms with E-state index in [2.05, 4.69) is 0 Å². The molecule has 0 saturated heterocycles. The van der Waals surface area contributed by atoms with E-state index in [1.807, 2.05) is 20.8 Å². The van der Waals surface area contributed by atoms with Crippen molar-refractivity contribution in [3.05, 3.63) is 29.8 Å². The van der Waals surface area contributed by atoms with Gasteiger partial charge in [0, 0.05) is 26.1 Å². The molecule has 0 N–H and O–H groups in total. The summed E-state index contributed by atoms with van der Waals surface area (Å²) >= 11 is 0. The molecular formula is C23H33F3N2O3. The minimum absolute atomic E-state index is 0.0998. The zero-order chi connectivity index (χ0) is 23.0. The van der Waals surface area contributed by atoms with E-state index in [9.17, 15) is 22.8 Å². The fraction of sp³-hybridized carbons (Fsp3) is 0.652. The highest BCUT2D eigenvalue weighted by Crippen LogP contribution is 2.25. The molecule has 0 fully saturated rings. The number of carbonyl (C=O) groups excluding carboxylic acids is 2. The number of halogens is 3. The molecule has 0 unspecified atom stereocenters. The third-order valence-corrected chi connectivity index (χ3v) is 5.42. The molecular weight excluding hydrogens is 409 g/mol. The van der Waals surface area contributed by atoms with Crippen LogP contribution in [0.2, 0.25) is 0 Å². The fourth-order valence-corrected chi connectivity index (χ4v) is 3.85. The van der Waals surface area contributed by atoms with Crippen LogP contribution in [0.25, 0.3) is 0 Å². The second-order valence-electron chi connectivity index (χ2n) is 8.38. The second kappa shape index (κ2) is 11.4. The van der Waals surface area contributed by atoms with Gasteiger partial charge in [-0.05, 0) is 44.2 Å². The van der Waals surface area contributed by atoms with Gasteiger partial charge in [-0.3, -0.25) is 9.59 Å². The normalized spacial score (nSPS) is 18.8. The van der Waals surface area contributed by atoms with Gasteiger partial charge in [0.05, 0.1) is 18.0 Å². The van der Waals surface area contributed by atoms with Gasteiger partial charge >= 0.3 is 6.18 Å². The van der Waals surface area contributed by atoms with Gasteiger partial charge in [-0.15, -0.1) is 0 Å². The van der Waals surface area contributed by atoms with Crippen molar-refractivity contribution >= 4 is 11.8 Å². The van der Waals surface area contributed by atoms with Crippen LogP contribution in [-0.4, -0.2) is 60.1 Å². The second-order valence-corrected chi connectivity index (χ2v) is 8.38. The van der Waals surface area contributed by atoms with Gasteiger partial charge < -0.3 is 14.5 Å². The highest BCUT2D eigenvalue weighted by Gasteiger charge is 2.32. The standard InChI is InChI=1S/C23H33F3N2O3/c1-4-27-13-7-8-14-28(21(29)11-12-23(24,25)26)18(15-17(2)3)16-31-20-10-6-5-9-19(20)22(27)30/h5-6,9-10,17-18H,4,7-8,11-16H2,1-3H3/t18-/m0/s1. The van der Waals surface area contributed by atoms with Crippen LogP contribution in [0.15, 0.2) is 24.3 Å². The van der Waals surface area contributed by atoms with E-state index in [4.69, 9.17) is 4.74 Å². The zero-order valence-electron chi connectivity index (χ0n) is 18.6. The first kappa shape index (κ1) is 25.0.